The number of hydrogen-bond acceptors (Lipinski definition) is 2. The molecule has 0 unspecified atom stereocenters. The van der Waals surface area contributed by atoms with Gasteiger partial charge in [-0.1, -0.05) is 51.1 Å². The number of H-pyrrole nitrogens is 1. The predicted octanol–water partition coefficient (Wildman–Crippen LogP) is 4.17. The number of nitrogens with one attached hydrogen (secondary N) is 2. The molecule has 1 atom stereocenters. The van der Waals surface area contributed by atoms with E-state index in [1.165, 1.54) is 22.2 Å². The third kappa shape index (κ3) is 3.84. The van der Waals surface area contributed by atoms with Gasteiger partial charge in [0, 0.05) is 47.2 Å². The first-order valence-corrected chi connectivity index (χ1v) is 10.5. The lowest BCUT2D eigenvalue weighted by molar-refractivity contribution is -0.133. The molecule has 0 radical (unpaired) electrons. The first kappa shape index (κ1) is 20.2. The quantitative estimate of drug-likeness (QED) is 0.689. The number of fused-ring (bicyclic) bond motifs is 3. The second-order valence-corrected chi connectivity index (χ2v) is 9.16. The fourth-order valence-corrected chi connectivity index (χ4v) is 4.09. The number of nitrogens with zero attached hydrogens (tertiary/aromatic N) is 1. The van der Waals surface area contributed by atoms with Gasteiger partial charge in [-0.05, 0) is 36.1 Å². The number of hydrogen-bond donors (Lipinski definition) is 2. The molecule has 30 heavy (non-hydrogen) atoms. The molecule has 2 amide bonds. The van der Waals surface area contributed by atoms with Crippen LogP contribution in [0.15, 0.2) is 48.5 Å². The van der Waals surface area contributed by atoms with Gasteiger partial charge in [-0.3, -0.25) is 9.59 Å². The van der Waals surface area contributed by atoms with Crippen LogP contribution in [0.5, 0.6) is 0 Å². The number of aromatic nitrogens is 1. The SMILES string of the molecule is C[C@@H](NC(=O)c1ccc(C(C)(C)C)cc1)C(=O)N1CCc2[nH]c3ccccc3c2C1. The fourth-order valence-electron chi connectivity index (χ4n) is 4.09. The average Bonchev–Trinajstić information content (AvgIpc) is 3.10. The van der Waals surface area contributed by atoms with Gasteiger partial charge in [0.05, 0.1) is 0 Å². The van der Waals surface area contributed by atoms with Gasteiger partial charge in [0.25, 0.3) is 5.91 Å². The smallest absolute Gasteiger partial charge is 0.251 e. The minimum absolute atomic E-state index is 0.0355. The van der Waals surface area contributed by atoms with Crippen LogP contribution in [0, 0.1) is 0 Å². The van der Waals surface area contributed by atoms with Crippen LogP contribution in [0.25, 0.3) is 10.9 Å². The van der Waals surface area contributed by atoms with Crippen molar-refractivity contribution in [2.45, 2.75) is 52.1 Å². The van der Waals surface area contributed by atoms with E-state index in [2.05, 4.69) is 43.2 Å². The second-order valence-electron chi connectivity index (χ2n) is 9.16. The van der Waals surface area contributed by atoms with E-state index in [1.54, 1.807) is 6.92 Å². The third-order valence-electron chi connectivity index (χ3n) is 5.93. The van der Waals surface area contributed by atoms with Crippen molar-refractivity contribution in [3.63, 3.8) is 0 Å². The van der Waals surface area contributed by atoms with Crippen LogP contribution in [-0.2, 0) is 23.2 Å². The zero-order chi connectivity index (χ0) is 21.5. The number of rotatable bonds is 3. The van der Waals surface area contributed by atoms with Gasteiger partial charge in [-0.2, -0.15) is 0 Å². The molecule has 1 aromatic heterocycles. The molecular weight excluding hydrogens is 374 g/mol. The summed E-state index contributed by atoms with van der Waals surface area (Å²) in [5, 5.41) is 4.04. The average molecular weight is 404 g/mol. The van der Waals surface area contributed by atoms with E-state index in [0.29, 0.717) is 18.7 Å². The maximum atomic E-state index is 13.0. The van der Waals surface area contributed by atoms with Crippen molar-refractivity contribution in [1.82, 2.24) is 15.2 Å². The summed E-state index contributed by atoms with van der Waals surface area (Å²) in [6, 6.07) is 15.2. The molecule has 5 nitrogen and oxygen atoms in total. The van der Waals surface area contributed by atoms with Crippen LogP contribution in [0.2, 0.25) is 0 Å². The number of amides is 2. The van der Waals surface area contributed by atoms with E-state index in [0.717, 1.165) is 11.9 Å². The molecule has 2 heterocycles. The zero-order valence-corrected chi connectivity index (χ0v) is 18.1. The molecule has 0 fully saturated rings. The second kappa shape index (κ2) is 7.63. The van der Waals surface area contributed by atoms with Crippen molar-refractivity contribution in [2.24, 2.45) is 0 Å². The lowest BCUT2D eigenvalue weighted by Gasteiger charge is -2.30. The van der Waals surface area contributed by atoms with Gasteiger partial charge in [0.15, 0.2) is 0 Å². The number of carbonyl (C=O) groups is 2. The van der Waals surface area contributed by atoms with Crippen LogP contribution in [0.3, 0.4) is 0 Å². The Hall–Kier alpha value is -3.08. The van der Waals surface area contributed by atoms with E-state index in [4.69, 9.17) is 0 Å². The van der Waals surface area contributed by atoms with Crippen molar-refractivity contribution in [3.8, 4) is 0 Å². The highest BCUT2D eigenvalue weighted by atomic mass is 16.2. The van der Waals surface area contributed by atoms with Crippen molar-refractivity contribution < 1.29 is 9.59 Å². The predicted molar refractivity (Wildman–Crippen MR) is 119 cm³/mol. The van der Waals surface area contributed by atoms with Crippen molar-refractivity contribution in [2.75, 3.05) is 6.54 Å². The van der Waals surface area contributed by atoms with Gasteiger partial charge in [0.2, 0.25) is 5.91 Å². The fraction of sp³-hybridized carbons (Fsp3) is 0.360. The zero-order valence-electron chi connectivity index (χ0n) is 18.1. The molecule has 156 valence electrons. The van der Waals surface area contributed by atoms with E-state index in [1.807, 2.05) is 41.3 Å². The number of para-hydroxylation sites is 1. The maximum absolute atomic E-state index is 13.0. The van der Waals surface area contributed by atoms with Gasteiger partial charge < -0.3 is 15.2 Å². The van der Waals surface area contributed by atoms with Crippen LogP contribution >= 0.6 is 0 Å². The minimum Gasteiger partial charge on any atom is -0.358 e. The Bertz CT molecular complexity index is 1090. The first-order valence-electron chi connectivity index (χ1n) is 10.5. The Morgan fingerprint density at radius 2 is 1.77 bits per heavy atom. The van der Waals surface area contributed by atoms with E-state index in [-0.39, 0.29) is 17.2 Å². The molecule has 5 heteroatoms. The summed E-state index contributed by atoms with van der Waals surface area (Å²) in [6.07, 6.45) is 0.796. The molecule has 0 saturated carbocycles. The Labute approximate surface area is 177 Å². The molecular formula is C25H29N3O2. The standard InChI is InChI=1S/C25H29N3O2/c1-16(26-23(29)17-9-11-18(12-10-17)25(2,3)4)24(30)28-14-13-22-20(15-28)19-7-5-6-8-21(19)27-22/h5-12,16,27H,13-15H2,1-4H3,(H,26,29)/t16-/m1/s1. The lowest BCUT2D eigenvalue weighted by atomic mass is 9.86. The summed E-state index contributed by atoms with van der Waals surface area (Å²) < 4.78 is 0. The van der Waals surface area contributed by atoms with Crippen molar-refractivity contribution in [1.29, 1.82) is 0 Å². The first-order chi connectivity index (χ1) is 14.2. The Morgan fingerprint density at radius 3 is 2.47 bits per heavy atom. The van der Waals surface area contributed by atoms with Gasteiger partial charge >= 0.3 is 0 Å². The molecule has 0 saturated heterocycles. The molecule has 1 aliphatic heterocycles. The molecule has 0 spiro atoms. The molecule has 2 aromatic carbocycles. The summed E-state index contributed by atoms with van der Waals surface area (Å²) >= 11 is 0. The van der Waals surface area contributed by atoms with Gasteiger partial charge in [-0.15, -0.1) is 0 Å². The molecule has 2 N–H and O–H groups in total. The number of benzene rings is 2. The Kier molecular flexibility index (Phi) is 5.14. The summed E-state index contributed by atoms with van der Waals surface area (Å²) in [6.45, 7) is 9.40. The number of aromatic amines is 1. The Balaban J connectivity index is 1.43. The van der Waals surface area contributed by atoms with Gasteiger partial charge in [0.1, 0.15) is 6.04 Å². The van der Waals surface area contributed by atoms with E-state index >= 15 is 0 Å². The molecule has 1 aliphatic rings. The van der Waals surface area contributed by atoms with Crippen LogP contribution in [0.4, 0.5) is 0 Å². The van der Waals surface area contributed by atoms with Crippen molar-refractivity contribution in [3.05, 3.63) is 70.9 Å². The molecule has 0 bridgehead atoms. The Morgan fingerprint density at radius 1 is 1.07 bits per heavy atom. The maximum Gasteiger partial charge on any atom is 0.251 e. The highest BCUT2D eigenvalue weighted by Crippen LogP contribution is 2.28. The van der Waals surface area contributed by atoms with Crippen LogP contribution < -0.4 is 5.32 Å². The third-order valence-corrected chi connectivity index (χ3v) is 5.93. The highest BCUT2D eigenvalue weighted by molar-refractivity contribution is 5.97. The monoisotopic (exact) mass is 403 g/mol. The largest absolute Gasteiger partial charge is 0.358 e. The molecule has 0 aliphatic carbocycles. The van der Waals surface area contributed by atoms with Gasteiger partial charge in [-0.25, -0.2) is 0 Å². The van der Waals surface area contributed by atoms with Crippen molar-refractivity contribution >= 4 is 22.7 Å². The highest BCUT2D eigenvalue weighted by Gasteiger charge is 2.28. The van der Waals surface area contributed by atoms with E-state index in [9.17, 15) is 9.59 Å². The summed E-state index contributed by atoms with van der Waals surface area (Å²) in [5.74, 6) is -0.272. The summed E-state index contributed by atoms with van der Waals surface area (Å²) in [4.78, 5) is 31.0. The molecule has 4 rings (SSSR count). The minimum atomic E-state index is -0.577. The molecule has 3 aromatic rings. The summed E-state index contributed by atoms with van der Waals surface area (Å²) in [7, 11) is 0. The summed E-state index contributed by atoms with van der Waals surface area (Å²) in [5.41, 5.74) is 5.27. The normalized spacial score (nSPS) is 15.0. The lowest BCUT2D eigenvalue weighted by Crippen LogP contribution is -2.48. The number of carbonyl (C=O) groups excluding carboxylic acids is 2. The van der Waals surface area contributed by atoms with Crippen LogP contribution in [-0.4, -0.2) is 34.3 Å². The van der Waals surface area contributed by atoms with Crippen LogP contribution in [0.1, 0.15) is 54.9 Å². The van der Waals surface area contributed by atoms with E-state index < -0.39 is 6.04 Å². The topological polar surface area (TPSA) is 65.2 Å².